The second kappa shape index (κ2) is 15.7. The maximum absolute atomic E-state index is 6.00. The first-order valence-corrected chi connectivity index (χ1v) is 12.2. The van der Waals surface area contributed by atoms with Crippen LogP contribution < -0.4 is 9.47 Å². The van der Waals surface area contributed by atoms with Crippen molar-refractivity contribution in [3.63, 3.8) is 0 Å². The Morgan fingerprint density at radius 2 is 1.06 bits per heavy atom. The van der Waals surface area contributed by atoms with E-state index in [0.29, 0.717) is 0 Å². The number of hydrogen-bond acceptors (Lipinski definition) is 5. The van der Waals surface area contributed by atoms with Crippen molar-refractivity contribution < 1.29 is 14.9 Å². The van der Waals surface area contributed by atoms with Gasteiger partial charge in [-0.1, -0.05) is 27.7 Å². The van der Waals surface area contributed by atoms with Crippen LogP contribution in [0.25, 0.3) is 21.8 Å². The van der Waals surface area contributed by atoms with E-state index >= 15 is 0 Å². The van der Waals surface area contributed by atoms with Crippen LogP contribution in [-0.2, 0) is 0 Å². The Bertz CT molecular complexity index is 903. The van der Waals surface area contributed by atoms with Gasteiger partial charge in [0.1, 0.15) is 11.5 Å². The van der Waals surface area contributed by atoms with E-state index in [1.165, 1.54) is 0 Å². The monoisotopic (exact) mass is 491 g/mol. The molecule has 0 bridgehead atoms. The number of rotatable bonds is 14. The molecular weight excluding hydrogens is 450 g/mol. The minimum absolute atomic E-state index is 0. The molecule has 34 heavy (non-hydrogen) atoms. The Hall–Kier alpha value is -2.12. The van der Waals surface area contributed by atoms with Gasteiger partial charge in [0, 0.05) is 36.0 Å². The van der Waals surface area contributed by atoms with E-state index in [1.54, 1.807) is 0 Å². The molecule has 7 heteroatoms. The molecule has 0 amide bonds. The Labute approximate surface area is 211 Å². The fourth-order valence-electron chi connectivity index (χ4n) is 4.00. The Morgan fingerprint density at radius 1 is 0.647 bits per heavy atom. The molecule has 2 N–H and O–H groups in total. The highest BCUT2D eigenvalue weighted by Crippen LogP contribution is 2.26. The number of hydrogen-bond donors (Lipinski definition) is 0. The SMILES string of the molecule is CCN(CC)CCCOc1ccc2cc3ccc(OCCCN(CC)CC)cc3nc2c1.Cl.O. The zero-order valence-electron chi connectivity index (χ0n) is 21.2. The second-order valence-electron chi connectivity index (χ2n) is 8.16. The van der Waals surface area contributed by atoms with Crippen LogP contribution in [-0.4, -0.2) is 72.7 Å². The van der Waals surface area contributed by atoms with Crippen LogP contribution in [0.1, 0.15) is 40.5 Å². The maximum atomic E-state index is 6.00. The Kier molecular flexibility index (Phi) is 13.8. The predicted octanol–water partition coefficient (Wildman–Crippen LogP) is 5.21. The molecule has 0 radical (unpaired) electrons. The summed E-state index contributed by atoms with van der Waals surface area (Å²) < 4.78 is 12.0. The van der Waals surface area contributed by atoms with Crippen molar-refractivity contribution in [1.29, 1.82) is 0 Å². The summed E-state index contributed by atoms with van der Waals surface area (Å²) in [5.74, 6) is 1.76. The summed E-state index contributed by atoms with van der Waals surface area (Å²) in [6, 6.07) is 14.6. The van der Waals surface area contributed by atoms with Crippen molar-refractivity contribution in [3.05, 3.63) is 42.5 Å². The first-order valence-electron chi connectivity index (χ1n) is 12.2. The lowest BCUT2D eigenvalue weighted by Gasteiger charge is -2.17. The van der Waals surface area contributed by atoms with E-state index in [0.717, 1.165) is 98.6 Å². The highest BCUT2D eigenvalue weighted by Gasteiger charge is 2.06. The van der Waals surface area contributed by atoms with E-state index in [9.17, 15) is 0 Å². The van der Waals surface area contributed by atoms with Gasteiger partial charge < -0.3 is 24.7 Å². The van der Waals surface area contributed by atoms with Crippen LogP contribution in [0, 0.1) is 0 Å². The zero-order chi connectivity index (χ0) is 22.8. The van der Waals surface area contributed by atoms with Gasteiger partial charge in [0.2, 0.25) is 0 Å². The molecule has 0 atom stereocenters. The van der Waals surface area contributed by atoms with E-state index < -0.39 is 0 Å². The fraction of sp³-hybridized carbons (Fsp3) is 0.519. The molecule has 0 spiro atoms. The van der Waals surface area contributed by atoms with Crippen LogP contribution in [0.4, 0.5) is 0 Å². The minimum atomic E-state index is 0. The van der Waals surface area contributed by atoms with Crippen molar-refractivity contribution >= 4 is 34.2 Å². The summed E-state index contributed by atoms with van der Waals surface area (Å²) in [7, 11) is 0. The van der Waals surface area contributed by atoms with Crippen molar-refractivity contribution in [3.8, 4) is 11.5 Å². The molecule has 0 aliphatic heterocycles. The van der Waals surface area contributed by atoms with Gasteiger partial charge in [-0.15, -0.1) is 12.4 Å². The third-order valence-electron chi connectivity index (χ3n) is 6.12. The first kappa shape index (κ1) is 29.9. The molecule has 6 nitrogen and oxygen atoms in total. The first-order chi connectivity index (χ1) is 15.7. The largest absolute Gasteiger partial charge is 0.493 e. The molecule has 1 aromatic heterocycles. The van der Waals surface area contributed by atoms with Crippen molar-refractivity contribution in [2.24, 2.45) is 0 Å². The number of ether oxygens (including phenoxy) is 2. The molecular formula is C27H42ClN3O3. The highest BCUT2D eigenvalue weighted by atomic mass is 35.5. The van der Waals surface area contributed by atoms with Gasteiger partial charge >= 0.3 is 0 Å². The van der Waals surface area contributed by atoms with Gasteiger partial charge in [-0.2, -0.15) is 0 Å². The number of halogens is 1. The second-order valence-corrected chi connectivity index (χ2v) is 8.16. The Balaban J connectivity index is 0.00000289. The van der Waals surface area contributed by atoms with Gasteiger partial charge in [-0.05, 0) is 69.4 Å². The van der Waals surface area contributed by atoms with E-state index in [2.05, 4.69) is 55.7 Å². The van der Waals surface area contributed by atoms with Gasteiger partial charge in [-0.3, -0.25) is 0 Å². The maximum Gasteiger partial charge on any atom is 0.121 e. The van der Waals surface area contributed by atoms with Crippen LogP contribution in [0.15, 0.2) is 42.5 Å². The van der Waals surface area contributed by atoms with Gasteiger partial charge in [0.25, 0.3) is 0 Å². The third-order valence-corrected chi connectivity index (χ3v) is 6.12. The van der Waals surface area contributed by atoms with Crippen LogP contribution in [0.5, 0.6) is 11.5 Å². The summed E-state index contributed by atoms with van der Waals surface area (Å²) in [5, 5.41) is 2.25. The van der Waals surface area contributed by atoms with Crippen molar-refractivity contribution in [2.75, 3.05) is 52.5 Å². The van der Waals surface area contributed by atoms with E-state index in [4.69, 9.17) is 14.5 Å². The molecule has 0 fully saturated rings. The average Bonchev–Trinajstić information content (AvgIpc) is 2.83. The molecule has 0 unspecified atom stereocenters. The lowest BCUT2D eigenvalue weighted by atomic mass is 10.1. The quantitative estimate of drug-likeness (QED) is 0.229. The number of nitrogens with zero attached hydrogens (tertiary/aromatic N) is 3. The number of aromatic nitrogens is 1. The molecule has 0 aliphatic carbocycles. The van der Waals surface area contributed by atoms with Gasteiger partial charge in [0.05, 0.1) is 24.2 Å². The summed E-state index contributed by atoms with van der Waals surface area (Å²) in [4.78, 5) is 9.72. The molecule has 0 saturated heterocycles. The van der Waals surface area contributed by atoms with Crippen molar-refractivity contribution in [1.82, 2.24) is 14.8 Å². The molecule has 190 valence electrons. The van der Waals surface area contributed by atoms with Gasteiger partial charge in [0.15, 0.2) is 0 Å². The highest BCUT2D eigenvalue weighted by molar-refractivity contribution is 5.93. The lowest BCUT2D eigenvalue weighted by Crippen LogP contribution is -2.25. The average molecular weight is 492 g/mol. The molecule has 3 aromatic rings. The normalized spacial score (nSPS) is 11.0. The van der Waals surface area contributed by atoms with Crippen LogP contribution in [0.3, 0.4) is 0 Å². The van der Waals surface area contributed by atoms with E-state index in [-0.39, 0.29) is 17.9 Å². The van der Waals surface area contributed by atoms with Crippen LogP contribution in [0.2, 0.25) is 0 Å². The van der Waals surface area contributed by atoms with Crippen LogP contribution >= 0.6 is 12.4 Å². The number of pyridine rings is 1. The third kappa shape index (κ3) is 8.58. The van der Waals surface area contributed by atoms with Crippen molar-refractivity contribution in [2.45, 2.75) is 40.5 Å². The summed E-state index contributed by atoms with van der Waals surface area (Å²) >= 11 is 0. The molecule has 3 rings (SSSR count). The summed E-state index contributed by atoms with van der Waals surface area (Å²) in [6.07, 6.45) is 2.06. The van der Waals surface area contributed by atoms with E-state index in [1.807, 2.05) is 24.3 Å². The number of benzene rings is 2. The molecule has 2 aromatic carbocycles. The topological polar surface area (TPSA) is 69.3 Å². The Morgan fingerprint density at radius 3 is 1.44 bits per heavy atom. The molecule has 0 aliphatic rings. The zero-order valence-corrected chi connectivity index (χ0v) is 22.0. The smallest absolute Gasteiger partial charge is 0.121 e. The number of fused-ring (bicyclic) bond motifs is 2. The standard InChI is InChI=1S/C27H39N3O2.ClH.H2O/c1-5-29(6-2)15-9-17-31-24-13-11-22-19-23-12-14-25(21-27(23)28-26(22)20-24)32-18-10-16-30(7-3)8-4;;/h11-14,19-21H,5-10,15-18H2,1-4H3;1H;1H2. The fourth-order valence-corrected chi connectivity index (χ4v) is 4.00. The van der Waals surface area contributed by atoms with Gasteiger partial charge in [-0.25, -0.2) is 4.98 Å². The summed E-state index contributed by atoms with van der Waals surface area (Å²) in [6.45, 7) is 16.7. The lowest BCUT2D eigenvalue weighted by molar-refractivity contribution is 0.249. The molecule has 0 saturated carbocycles. The summed E-state index contributed by atoms with van der Waals surface area (Å²) in [5.41, 5.74) is 1.91. The molecule has 1 heterocycles. The minimum Gasteiger partial charge on any atom is -0.493 e. The predicted molar refractivity (Wildman–Crippen MR) is 146 cm³/mol.